The van der Waals surface area contributed by atoms with Crippen molar-refractivity contribution in [2.24, 2.45) is 0 Å². The van der Waals surface area contributed by atoms with Gasteiger partial charge in [-0.3, -0.25) is 14.6 Å². The molecule has 7 heteroatoms. The van der Waals surface area contributed by atoms with E-state index in [0.29, 0.717) is 13.0 Å². The largest absolute Gasteiger partial charge is 0.354 e. The van der Waals surface area contributed by atoms with Crippen molar-refractivity contribution in [1.29, 1.82) is 0 Å². The molecule has 1 atom stereocenters. The van der Waals surface area contributed by atoms with Crippen molar-refractivity contribution in [3.05, 3.63) is 30.6 Å². The van der Waals surface area contributed by atoms with E-state index in [1.807, 2.05) is 0 Å². The van der Waals surface area contributed by atoms with Gasteiger partial charge >= 0.3 is 0 Å². The Morgan fingerprint density at radius 1 is 1.65 bits per heavy atom. The van der Waals surface area contributed by atoms with Crippen molar-refractivity contribution in [2.75, 3.05) is 6.54 Å². The van der Waals surface area contributed by atoms with Crippen LogP contribution in [0.3, 0.4) is 0 Å². The number of H-pyrrole nitrogens is 1. The highest BCUT2D eigenvalue weighted by Crippen LogP contribution is 2.02. The number of hydrogen-bond donors (Lipinski definition) is 2. The van der Waals surface area contributed by atoms with Gasteiger partial charge in [0.2, 0.25) is 5.91 Å². The number of aromatic nitrogens is 5. The van der Waals surface area contributed by atoms with Gasteiger partial charge in [0.05, 0.1) is 0 Å². The summed E-state index contributed by atoms with van der Waals surface area (Å²) in [6.07, 6.45) is 5.50. The highest BCUT2D eigenvalue weighted by Gasteiger charge is 2.13. The molecule has 1 amide bonds. The predicted molar refractivity (Wildman–Crippen MR) is 60.0 cm³/mol. The molecule has 90 valence electrons. The maximum Gasteiger partial charge on any atom is 0.244 e. The topological polar surface area (TPSA) is 88.5 Å². The molecule has 2 heterocycles. The fourth-order valence-corrected chi connectivity index (χ4v) is 1.43. The number of rotatable bonds is 5. The maximum absolute atomic E-state index is 11.8. The molecule has 0 spiro atoms. The third kappa shape index (κ3) is 2.90. The van der Waals surface area contributed by atoms with E-state index in [0.717, 1.165) is 5.82 Å². The normalized spacial score (nSPS) is 12.3. The van der Waals surface area contributed by atoms with Gasteiger partial charge in [-0.25, -0.2) is 4.98 Å². The van der Waals surface area contributed by atoms with Gasteiger partial charge in [-0.15, -0.1) is 0 Å². The molecular weight excluding hydrogens is 220 g/mol. The first kappa shape index (κ1) is 11.3. The van der Waals surface area contributed by atoms with Crippen LogP contribution in [0, 0.1) is 0 Å². The fourth-order valence-electron chi connectivity index (χ4n) is 1.43. The van der Waals surface area contributed by atoms with Crippen LogP contribution in [0.1, 0.15) is 18.8 Å². The number of carbonyl (C=O) groups excluding carboxylic acids is 1. The second kappa shape index (κ2) is 5.24. The van der Waals surface area contributed by atoms with Gasteiger partial charge in [-0.2, -0.15) is 10.2 Å². The van der Waals surface area contributed by atoms with E-state index < -0.39 is 0 Å². The van der Waals surface area contributed by atoms with Crippen LogP contribution in [-0.2, 0) is 11.2 Å². The Morgan fingerprint density at radius 2 is 2.53 bits per heavy atom. The van der Waals surface area contributed by atoms with E-state index in [9.17, 15) is 4.79 Å². The SMILES string of the molecule is CC(C(=O)NCCc1ncn[nH]1)n1cccn1. The zero-order chi connectivity index (χ0) is 12.1. The van der Waals surface area contributed by atoms with Gasteiger partial charge in [-0.05, 0) is 13.0 Å². The molecule has 0 saturated heterocycles. The maximum atomic E-state index is 11.8. The summed E-state index contributed by atoms with van der Waals surface area (Å²) in [5, 5.41) is 13.3. The van der Waals surface area contributed by atoms with Gasteiger partial charge in [0.15, 0.2) is 0 Å². The Kier molecular flexibility index (Phi) is 3.49. The molecule has 0 radical (unpaired) electrons. The Morgan fingerprint density at radius 3 is 3.18 bits per heavy atom. The number of amides is 1. The summed E-state index contributed by atoms with van der Waals surface area (Å²) in [7, 11) is 0. The summed E-state index contributed by atoms with van der Waals surface area (Å²) < 4.78 is 1.61. The summed E-state index contributed by atoms with van der Waals surface area (Å²) in [6.45, 7) is 2.33. The second-order valence-electron chi connectivity index (χ2n) is 3.64. The van der Waals surface area contributed by atoms with Crippen LogP contribution in [0.4, 0.5) is 0 Å². The van der Waals surface area contributed by atoms with Crippen LogP contribution in [0.2, 0.25) is 0 Å². The summed E-state index contributed by atoms with van der Waals surface area (Å²) in [5.74, 6) is 0.699. The highest BCUT2D eigenvalue weighted by molar-refractivity contribution is 5.79. The van der Waals surface area contributed by atoms with Crippen molar-refractivity contribution in [2.45, 2.75) is 19.4 Å². The average Bonchev–Trinajstić information content (AvgIpc) is 3.00. The summed E-state index contributed by atoms with van der Waals surface area (Å²) >= 11 is 0. The number of nitrogens with zero attached hydrogens (tertiary/aromatic N) is 4. The van der Waals surface area contributed by atoms with Crippen LogP contribution >= 0.6 is 0 Å². The molecule has 17 heavy (non-hydrogen) atoms. The minimum absolute atomic E-state index is 0.0618. The van der Waals surface area contributed by atoms with E-state index in [1.165, 1.54) is 6.33 Å². The second-order valence-corrected chi connectivity index (χ2v) is 3.64. The standard InChI is InChI=1S/C10H14N6O/c1-8(16-6-2-4-14-16)10(17)11-5-3-9-12-7-13-15-9/h2,4,6-8H,3,5H2,1H3,(H,11,17)(H,12,13,15). The molecule has 0 aliphatic rings. The zero-order valence-electron chi connectivity index (χ0n) is 9.50. The Balaban J connectivity index is 1.77. The van der Waals surface area contributed by atoms with Gasteiger partial charge in [-0.1, -0.05) is 0 Å². The van der Waals surface area contributed by atoms with Gasteiger partial charge in [0, 0.05) is 25.4 Å². The zero-order valence-corrected chi connectivity index (χ0v) is 9.50. The molecule has 2 rings (SSSR count). The lowest BCUT2D eigenvalue weighted by Crippen LogP contribution is -2.32. The van der Waals surface area contributed by atoms with Crippen molar-refractivity contribution < 1.29 is 4.79 Å². The number of carbonyl (C=O) groups is 1. The lowest BCUT2D eigenvalue weighted by Gasteiger charge is -2.11. The Hall–Kier alpha value is -2.18. The van der Waals surface area contributed by atoms with Crippen molar-refractivity contribution in [1.82, 2.24) is 30.3 Å². The van der Waals surface area contributed by atoms with E-state index in [1.54, 1.807) is 30.1 Å². The summed E-state index contributed by atoms with van der Waals surface area (Å²) in [6, 6.07) is 1.48. The molecule has 2 aromatic rings. The monoisotopic (exact) mass is 234 g/mol. The van der Waals surface area contributed by atoms with Crippen molar-refractivity contribution in [3.8, 4) is 0 Å². The molecule has 0 saturated carbocycles. The van der Waals surface area contributed by atoms with E-state index in [2.05, 4.69) is 25.6 Å². The molecular formula is C10H14N6O. The minimum atomic E-state index is -0.306. The minimum Gasteiger partial charge on any atom is -0.354 e. The Bertz CT molecular complexity index is 449. The van der Waals surface area contributed by atoms with E-state index >= 15 is 0 Å². The third-order valence-corrected chi connectivity index (χ3v) is 2.43. The third-order valence-electron chi connectivity index (χ3n) is 2.43. The molecule has 0 aliphatic heterocycles. The lowest BCUT2D eigenvalue weighted by atomic mass is 10.3. The predicted octanol–water partition coefficient (Wildman–Crippen LogP) is -0.0789. The van der Waals surface area contributed by atoms with Crippen molar-refractivity contribution in [3.63, 3.8) is 0 Å². The molecule has 0 aliphatic carbocycles. The summed E-state index contributed by atoms with van der Waals surface area (Å²) in [5.41, 5.74) is 0. The highest BCUT2D eigenvalue weighted by atomic mass is 16.2. The first-order valence-electron chi connectivity index (χ1n) is 5.38. The molecule has 2 N–H and O–H groups in total. The molecule has 7 nitrogen and oxygen atoms in total. The number of nitrogens with one attached hydrogen (secondary N) is 2. The Labute approximate surface area is 98.2 Å². The quantitative estimate of drug-likeness (QED) is 0.757. The molecule has 0 fully saturated rings. The first-order chi connectivity index (χ1) is 8.27. The molecule has 0 aromatic carbocycles. The van der Waals surface area contributed by atoms with Gasteiger partial charge in [0.25, 0.3) is 0 Å². The molecule has 1 unspecified atom stereocenters. The summed E-state index contributed by atoms with van der Waals surface area (Å²) in [4.78, 5) is 15.7. The van der Waals surface area contributed by atoms with Crippen LogP contribution in [0.15, 0.2) is 24.8 Å². The fraction of sp³-hybridized carbons (Fsp3) is 0.400. The van der Waals surface area contributed by atoms with Gasteiger partial charge in [0.1, 0.15) is 18.2 Å². The average molecular weight is 234 g/mol. The lowest BCUT2D eigenvalue weighted by molar-refractivity contribution is -0.124. The van der Waals surface area contributed by atoms with E-state index in [4.69, 9.17) is 0 Å². The van der Waals surface area contributed by atoms with E-state index in [-0.39, 0.29) is 11.9 Å². The van der Waals surface area contributed by atoms with Gasteiger partial charge < -0.3 is 5.32 Å². The molecule has 0 bridgehead atoms. The van der Waals surface area contributed by atoms with Crippen LogP contribution in [-0.4, -0.2) is 37.4 Å². The van der Waals surface area contributed by atoms with Crippen molar-refractivity contribution >= 4 is 5.91 Å². The smallest absolute Gasteiger partial charge is 0.244 e. The first-order valence-corrected chi connectivity index (χ1v) is 5.38. The van der Waals surface area contributed by atoms with Crippen LogP contribution < -0.4 is 5.32 Å². The van der Waals surface area contributed by atoms with Crippen LogP contribution in [0.25, 0.3) is 0 Å². The molecule has 2 aromatic heterocycles. The number of aromatic amines is 1. The van der Waals surface area contributed by atoms with Crippen LogP contribution in [0.5, 0.6) is 0 Å². The number of hydrogen-bond acceptors (Lipinski definition) is 4.